The van der Waals surface area contributed by atoms with Crippen LogP contribution in [0, 0.1) is 0 Å². The molecule has 12 aromatic carbocycles. The summed E-state index contributed by atoms with van der Waals surface area (Å²) in [5.74, 6) is 0.672. The third-order valence-electron chi connectivity index (χ3n) is 17.9. The maximum absolute atomic E-state index is 2.53. The fourth-order valence-electron chi connectivity index (χ4n) is 14.4. The Labute approximate surface area is 467 Å². The average Bonchev–Trinajstić information content (AvgIpc) is 4.31. The second-order valence-corrected chi connectivity index (χ2v) is 22.0. The zero-order valence-electron chi connectivity index (χ0n) is 44.4. The molecular weight excluding hydrogens is 967 g/mol. The topological polar surface area (TPSA) is 11.4 Å². The van der Waals surface area contributed by atoms with Gasteiger partial charge in [-0.05, 0) is 188 Å². The van der Waals surface area contributed by atoms with Crippen molar-refractivity contribution >= 4 is 55.9 Å². The van der Waals surface area contributed by atoms with Gasteiger partial charge in [0, 0.05) is 50.6 Å². The highest BCUT2D eigenvalue weighted by atomic mass is 15.1. The lowest BCUT2D eigenvalue weighted by atomic mass is 9.70. The first kappa shape index (κ1) is 46.2. The Bertz CT molecular complexity index is 4490. The molecule has 0 radical (unpaired) electrons. The van der Waals surface area contributed by atoms with E-state index in [1.54, 1.807) is 0 Å². The van der Waals surface area contributed by atoms with Crippen molar-refractivity contribution in [1.29, 1.82) is 0 Å². The molecular formula is C77H55N3. The van der Waals surface area contributed by atoms with Crippen LogP contribution in [0.25, 0.3) is 60.9 Å². The lowest BCUT2D eigenvalue weighted by molar-refractivity contribution is 0.579. The Hall–Kier alpha value is -9.96. The van der Waals surface area contributed by atoms with Gasteiger partial charge in [-0.2, -0.15) is 0 Å². The van der Waals surface area contributed by atoms with Gasteiger partial charge in [0.05, 0.1) is 16.4 Å². The van der Waals surface area contributed by atoms with E-state index in [1.165, 1.54) is 94.1 Å². The number of fused-ring (bicyclic) bond motifs is 16. The molecule has 378 valence electrons. The zero-order valence-corrected chi connectivity index (χ0v) is 44.4. The molecule has 1 heterocycles. The number of aromatic nitrogens is 1. The lowest BCUT2D eigenvalue weighted by Gasteiger charge is -2.33. The molecule has 0 saturated carbocycles. The number of anilines is 6. The molecule has 3 heteroatoms. The van der Waals surface area contributed by atoms with E-state index in [-0.39, 0.29) is 0 Å². The molecule has 13 aromatic rings. The molecule has 0 N–H and O–H groups in total. The highest BCUT2D eigenvalue weighted by molar-refractivity contribution is 6.11. The van der Waals surface area contributed by atoms with Crippen molar-refractivity contribution in [3.05, 3.63) is 330 Å². The van der Waals surface area contributed by atoms with Gasteiger partial charge in [0.25, 0.3) is 0 Å². The van der Waals surface area contributed by atoms with Gasteiger partial charge in [-0.1, -0.05) is 201 Å². The molecule has 0 fully saturated rings. The third kappa shape index (κ3) is 6.93. The van der Waals surface area contributed by atoms with Crippen LogP contribution in [-0.4, -0.2) is 4.57 Å². The van der Waals surface area contributed by atoms with E-state index in [2.05, 4.69) is 312 Å². The van der Waals surface area contributed by atoms with Crippen molar-refractivity contribution in [2.24, 2.45) is 0 Å². The van der Waals surface area contributed by atoms with Crippen molar-refractivity contribution in [1.82, 2.24) is 4.57 Å². The summed E-state index contributed by atoms with van der Waals surface area (Å²) in [5.41, 5.74) is 26.7. The van der Waals surface area contributed by atoms with E-state index < -0.39 is 5.41 Å². The van der Waals surface area contributed by atoms with Crippen molar-refractivity contribution in [2.45, 2.75) is 30.6 Å². The van der Waals surface area contributed by atoms with Crippen LogP contribution < -0.4 is 9.80 Å². The van der Waals surface area contributed by atoms with Gasteiger partial charge in [0.2, 0.25) is 0 Å². The van der Waals surface area contributed by atoms with Crippen molar-refractivity contribution in [3.63, 3.8) is 0 Å². The summed E-state index contributed by atoms with van der Waals surface area (Å²) in [6.07, 6.45) is 0.940. The second kappa shape index (κ2) is 18.3. The fourth-order valence-corrected chi connectivity index (χ4v) is 14.4. The summed E-state index contributed by atoms with van der Waals surface area (Å²) in [6.45, 7) is 2.42. The normalized spacial score (nSPS) is 15.1. The van der Waals surface area contributed by atoms with E-state index in [0.717, 1.165) is 46.2 Å². The predicted molar refractivity (Wildman–Crippen MR) is 333 cm³/mol. The molecule has 3 aliphatic carbocycles. The first-order chi connectivity index (χ1) is 39.6. The Balaban J connectivity index is 0.894. The first-order valence-corrected chi connectivity index (χ1v) is 28.2. The van der Waals surface area contributed by atoms with Crippen LogP contribution in [0.5, 0.6) is 0 Å². The van der Waals surface area contributed by atoms with Crippen LogP contribution in [0.1, 0.15) is 57.7 Å². The van der Waals surface area contributed by atoms with Crippen LogP contribution in [-0.2, 0) is 11.8 Å². The minimum Gasteiger partial charge on any atom is -0.310 e. The molecule has 2 unspecified atom stereocenters. The van der Waals surface area contributed by atoms with E-state index in [0.29, 0.717) is 11.8 Å². The number of para-hydroxylation sites is 4. The largest absolute Gasteiger partial charge is 0.310 e. The van der Waals surface area contributed by atoms with Gasteiger partial charge in [0.15, 0.2) is 0 Å². The highest BCUT2D eigenvalue weighted by Gasteiger charge is 2.52. The quantitative estimate of drug-likeness (QED) is 0.150. The Morgan fingerprint density at radius 2 is 0.787 bits per heavy atom. The molecule has 0 amide bonds. The summed E-state index contributed by atoms with van der Waals surface area (Å²) in [7, 11) is 0. The van der Waals surface area contributed by atoms with Gasteiger partial charge < -0.3 is 14.4 Å². The molecule has 3 aliphatic rings. The van der Waals surface area contributed by atoms with Crippen LogP contribution in [0.15, 0.2) is 291 Å². The maximum Gasteiger partial charge on any atom is 0.0727 e. The molecule has 0 saturated heterocycles. The summed E-state index contributed by atoms with van der Waals surface area (Å²) >= 11 is 0. The molecule has 1 aromatic heterocycles. The Morgan fingerprint density at radius 3 is 1.41 bits per heavy atom. The van der Waals surface area contributed by atoms with E-state index in [9.17, 15) is 0 Å². The minimum absolute atomic E-state index is 0.326. The maximum atomic E-state index is 2.53. The standard InChI is InChI=1S/C77H55N3/c1-51-61-30-14-15-31-63(61)62-42-38-57(46-53(62)47-69(51)52-22-6-2-7-23-52)78(54-24-8-3-9-25-54)59-39-43-66-67-44-40-60(50-74(67)77(73(66)49-59)71-35-19-16-32-64(71)65-33-17-20-36-72(65)77)79(55-26-10-4-11-27-55)58-41-45-76-70(48-58)68-34-18-21-37-75(68)80(76)56-28-12-5-13-29-56/h2-46,48-51,69H,47H2,1H3. The van der Waals surface area contributed by atoms with Gasteiger partial charge in [-0.25, -0.2) is 0 Å². The van der Waals surface area contributed by atoms with Gasteiger partial charge in [-0.15, -0.1) is 0 Å². The molecule has 1 spiro atoms. The summed E-state index contributed by atoms with van der Waals surface area (Å²) in [6, 6.07) is 109. The third-order valence-corrected chi connectivity index (χ3v) is 17.9. The molecule has 16 rings (SSSR count). The number of rotatable bonds is 8. The second-order valence-electron chi connectivity index (χ2n) is 22.0. The fraction of sp³-hybridized carbons (Fsp3) is 0.0649. The van der Waals surface area contributed by atoms with Crippen molar-refractivity contribution in [2.75, 3.05) is 9.80 Å². The summed E-state index contributed by atoms with van der Waals surface area (Å²) in [4.78, 5) is 4.95. The molecule has 0 bridgehead atoms. The monoisotopic (exact) mass is 1020 g/mol. The highest BCUT2D eigenvalue weighted by Crippen LogP contribution is 2.64. The molecule has 80 heavy (non-hydrogen) atoms. The van der Waals surface area contributed by atoms with Crippen LogP contribution in [0.2, 0.25) is 0 Å². The SMILES string of the molecule is CC1c2ccccc2-c2ccc(N(c3ccccc3)c3ccc4c(c3)C3(c5ccccc5-c5ccccc53)c3cc(N(c5ccccc5)c5ccc6c(c5)c5ccccc5n6-c5ccccc5)ccc3-4)cc2CC1c1ccccc1. The van der Waals surface area contributed by atoms with E-state index in [1.807, 2.05) is 0 Å². The Morgan fingerprint density at radius 1 is 0.338 bits per heavy atom. The van der Waals surface area contributed by atoms with Crippen molar-refractivity contribution < 1.29 is 0 Å². The van der Waals surface area contributed by atoms with E-state index >= 15 is 0 Å². The molecule has 2 atom stereocenters. The smallest absolute Gasteiger partial charge is 0.0727 e. The Kier molecular flexibility index (Phi) is 10.6. The van der Waals surface area contributed by atoms with Gasteiger partial charge >= 0.3 is 0 Å². The molecule has 3 nitrogen and oxygen atoms in total. The first-order valence-electron chi connectivity index (χ1n) is 28.2. The predicted octanol–water partition coefficient (Wildman–Crippen LogP) is 20.2. The summed E-state index contributed by atoms with van der Waals surface area (Å²) in [5, 5.41) is 2.44. The summed E-state index contributed by atoms with van der Waals surface area (Å²) < 4.78 is 2.40. The average molecular weight is 1020 g/mol. The number of nitrogens with zero attached hydrogens (tertiary/aromatic N) is 3. The zero-order chi connectivity index (χ0) is 52.9. The van der Waals surface area contributed by atoms with Crippen LogP contribution in [0.3, 0.4) is 0 Å². The molecule has 0 aliphatic heterocycles. The number of hydrogen-bond acceptors (Lipinski definition) is 2. The van der Waals surface area contributed by atoms with Crippen LogP contribution in [0.4, 0.5) is 34.1 Å². The van der Waals surface area contributed by atoms with E-state index in [4.69, 9.17) is 0 Å². The number of hydrogen-bond donors (Lipinski definition) is 0. The lowest BCUT2D eigenvalue weighted by Crippen LogP contribution is -2.26. The van der Waals surface area contributed by atoms with Gasteiger partial charge in [-0.3, -0.25) is 0 Å². The van der Waals surface area contributed by atoms with Gasteiger partial charge in [0.1, 0.15) is 0 Å². The van der Waals surface area contributed by atoms with Crippen LogP contribution >= 0.6 is 0 Å². The van der Waals surface area contributed by atoms with Crippen molar-refractivity contribution in [3.8, 4) is 39.1 Å². The minimum atomic E-state index is -0.613. The number of benzene rings is 12.